The van der Waals surface area contributed by atoms with Gasteiger partial charge in [0.15, 0.2) is 11.5 Å². The molecule has 0 spiro atoms. The number of carboxylic acid groups (broad SMARTS) is 1. The average molecular weight is 371 g/mol. The van der Waals surface area contributed by atoms with Crippen LogP contribution in [0.1, 0.15) is 34.3 Å². The zero-order valence-electron chi connectivity index (χ0n) is 15.2. The van der Waals surface area contributed by atoms with Gasteiger partial charge < -0.3 is 24.6 Å². The number of benzene rings is 2. The summed E-state index contributed by atoms with van der Waals surface area (Å²) in [5.74, 6) is -0.0408. The molecule has 0 saturated carbocycles. The summed E-state index contributed by atoms with van der Waals surface area (Å²) < 4.78 is 16.1. The molecule has 2 N–H and O–H groups in total. The molecule has 3 rings (SSSR count). The van der Waals surface area contributed by atoms with Gasteiger partial charge in [-0.2, -0.15) is 0 Å². The van der Waals surface area contributed by atoms with Gasteiger partial charge in [-0.3, -0.25) is 4.79 Å². The number of methoxy groups -OCH3 is 1. The van der Waals surface area contributed by atoms with E-state index in [1.807, 2.05) is 12.1 Å². The molecule has 27 heavy (non-hydrogen) atoms. The molecule has 0 fully saturated rings. The maximum atomic E-state index is 12.5. The number of carboxylic acids is 1. The van der Waals surface area contributed by atoms with Crippen LogP contribution in [0, 0.1) is 0 Å². The van der Waals surface area contributed by atoms with Gasteiger partial charge in [-0.25, -0.2) is 4.79 Å². The van der Waals surface area contributed by atoms with Crippen molar-refractivity contribution in [2.45, 2.75) is 19.4 Å². The van der Waals surface area contributed by atoms with Gasteiger partial charge in [0.05, 0.1) is 13.0 Å². The SMILES string of the molecule is COc1ccc(CNC(=O)[C@@H](C)c2ccc3c(c2)OCCO3)cc1C(=O)O. The monoisotopic (exact) mass is 371 g/mol. The topological polar surface area (TPSA) is 94.1 Å². The maximum Gasteiger partial charge on any atom is 0.339 e. The van der Waals surface area contributed by atoms with E-state index in [2.05, 4.69) is 5.32 Å². The second-order valence-electron chi connectivity index (χ2n) is 6.18. The van der Waals surface area contributed by atoms with Crippen molar-refractivity contribution >= 4 is 11.9 Å². The third-order valence-electron chi connectivity index (χ3n) is 4.42. The van der Waals surface area contributed by atoms with Crippen molar-refractivity contribution in [2.24, 2.45) is 0 Å². The Morgan fingerprint density at radius 3 is 2.59 bits per heavy atom. The van der Waals surface area contributed by atoms with Crippen molar-refractivity contribution in [3.05, 3.63) is 53.1 Å². The number of carbonyl (C=O) groups is 2. The van der Waals surface area contributed by atoms with Gasteiger partial charge in [-0.15, -0.1) is 0 Å². The molecular formula is C20H21NO6. The number of ether oxygens (including phenoxy) is 3. The van der Waals surface area contributed by atoms with E-state index in [1.165, 1.54) is 13.2 Å². The number of hydrogen-bond acceptors (Lipinski definition) is 5. The van der Waals surface area contributed by atoms with Gasteiger partial charge in [0, 0.05) is 6.54 Å². The van der Waals surface area contributed by atoms with Crippen molar-refractivity contribution in [3.8, 4) is 17.2 Å². The molecule has 7 nitrogen and oxygen atoms in total. The highest BCUT2D eigenvalue weighted by Gasteiger charge is 2.19. The molecule has 2 aromatic rings. The smallest absolute Gasteiger partial charge is 0.339 e. The minimum Gasteiger partial charge on any atom is -0.496 e. The number of rotatable bonds is 6. The molecule has 1 atom stereocenters. The highest BCUT2D eigenvalue weighted by Crippen LogP contribution is 2.33. The minimum absolute atomic E-state index is 0.0594. The molecule has 0 unspecified atom stereocenters. The summed E-state index contributed by atoms with van der Waals surface area (Å²) in [6.07, 6.45) is 0. The van der Waals surface area contributed by atoms with Crippen LogP contribution in [-0.2, 0) is 11.3 Å². The van der Waals surface area contributed by atoms with E-state index in [0.29, 0.717) is 30.3 Å². The normalized spacial score (nSPS) is 13.6. The Kier molecular flexibility index (Phi) is 5.49. The molecule has 1 heterocycles. The van der Waals surface area contributed by atoms with Crippen LogP contribution in [0.15, 0.2) is 36.4 Å². The van der Waals surface area contributed by atoms with Crippen LogP contribution >= 0.6 is 0 Å². The third kappa shape index (κ3) is 4.13. The van der Waals surface area contributed by atoms with Gasteiger partial charge in [0.1, 0.15) is 24.5 Å². The summed E-state index contributed by atoms with van der Waals surface area (Å²) in [6, 6.07) is 10.3. The van der Waals surface area contributed by atoms with E-state index in [4.69, 9.17) is 14.2 Å². The number of nitrogens with one attached hydrogen (secondary N) is 1. The van der Waals surface area contributed by atoms with Gasteiger partial charge in [-0.05, 0) is 42.3 Å². The number of fused-ring (bicyclic) bond motifs is 1. The molecule has 1 aliphatic heterocycles. The zero-order valence-corrected chi connectivity index (χ0v) is 15.2. The molecule has 0 aliphatic carbocycles. The summed E-state index contributed by atoms with van der Waals surface area (Å²) in [5.41, 5.74) is 1.55. The minimum atomic E-state index is -1.08. The fourth-order valence-corrected chi connectivity index (χ4v) is 2.86. The van der Waals surface area contributed by atoms with Crippen molar-refractivity contribution in [1.82, 2.24) is 5.32 Å². The summed E-state index contributed by atoms with van der Waals surface area (Å²) >= 11 is 0. The van der Waals surface area contributed by atoms with Gasteiger partial charge in [0.2, 0.25) is 5.91 Å². The lowest BCUT2D eigenvalue weighted by molar-refractivity contribution is -0.122. The summed E-state index contributed by atoms with van der Waals surface area (Å²) in [7, 11) is 1.41. The summed E-state index contributed by atoms with van der Waals surface area (Å²) in [5, 5.41) is 12.1. The lowest BCUT2D eigenvalue weighted by atomic mass is 9.99. The highest BCUT2D eigenvalue weighted by molar-refractivity contribution is 5.91. The second kappa shape index (κ2) is 7.99. The highest BCUT2D eigenvalue weighted by atomic mass is 16.6. The predicted octanol–water partition coefficient (Wildman–Crippen LogP) is 2.58. The number of carbonyl (C=O) groups excluding carboxylic acids is 1. The van der Waals surface area contributed by atoms with Crippen molar-refractivity contribution in [1.29, 1.82) is 0 Å². The molecule has 0 bridgehead atoms. The van der Waals surface area contributed by atoms with Gasteiger partial charge >= 0.3 is 5.97 Å². The largest absolute Gasteiger partial charge is 0.496 e. The standard InChI is InChI=1S/C20H21NO6/c1-12(14-4-6-17-18(10-14)27-8-7-26-17)19(22)21-11-13-3-5-16(25-2)15(9-13)20(23)24/h3-6,9-10,12H,7-8,11H2,1-2H3,(H,21,22)(H,23,24)/t12-/m0/s1. The first kappa shape index (κ1) is 18.6. The van der Waals surface area contributed by atoms with Crippen molar-refractivity contribution < 1.29 is 28.9 Å². The molecule has 1 amide bonds. The van der Waals surface area contributed by atoms with Crippen LogP contribution in [0.2, 0.25) is 0 Å². The van der Waals surface area contributed by atoms with Crippen LogP contribution in [0.25, 0.3) is 0 Å². The van der Waals surface area contributed by atoms with Crippen molar-refractivity contribution in [3.63, 3.8) is 0 Å². The predicted molar refractivity (Wildman–Crippen MR) is 97.6 cm³/mol. The van der Waals surface area contributed by atoms with E-state index < -0.39 is 11.9 Å². The Bertz CT molecular complexity index is 864. The Labute approximate surface area is 156 Å². The maximum absolute atomic E-state index is 12.5. The van der Waals surface area contributed by atoms with Crippen LogP contribution in [0.4, 0.5) is 0 Å². The fourth-order valence-electron chi connectivity index (χ4n) is 2.86. The first-order valence-corrected chi connectivity index (χ1v) is 8.57. The Hall–Kier alpha value is -3.22. The molecule has 7 heteroatoms. The van der Waals surface area contributed by atoms with E-state index in [1.54, 1.807) is 25.1 Å². The second-order valence-corrected chi connectivity index (χ2v) is 6.18. The zero-order chi connectivity index (χ0) is 19.4. The number of amides is 1. The van der Waals surface area contributed by atoms with E-state index in [9.17, 15) is 14.7 Å². The number of hydrogen-bond donors (Lipinski definition) is 2. The quantitative estimate of drug-likeness (QED) is 0.811. The Balaban J connectivity index is 1.67. The Morgan fingerprint density at radius 1 is 1.15 bits per heavy atom. The Morgan fingerprint density at radius 2 is 1.89 bits per heavy atom. The average Bonchev–Trinajstić information content (AvgIpc) is 2.70. The molecule has 0 radical (unpaired) electrons. The first-order chi connectivity index (χ1) is 13.0. The lowest BCUT2D eigenvalue weighted by Crippen LogP contribution is -2.27. The molecule has 142 valence electrons. The van der Waals surface area contributed by atoms with Crippen LogP contribution in [-0.4, -0.2) is 37.3 Å². The lowest BCUT2D eigenvalue weighted by Gasteiger charge is -2.20. The van der Waals surface area contributed by atoms with Crippen LogP contribution in [0.3, 0.4) is 0 Å². The summed E-state index contributed by atoms with van der Waals surface area (Å²) in [6.45, 7) is 3.03. The molecule has 0 aromatic heterocycles. The van der Waals surface area contributed by atoms with Gasteiger partial charge in [-0.1, -0.05) is 12.1 Å². The van der Waals surface area contributed by atoms with Crippen molar-refractivity contribution in [2.75, 3.05) is 20.3 Å². The van der Waals surface area contributed by atoms with Gasteiger partial charge in [0.25, 0.3) is 0 Å². The van der Waals surface area contributed by atoms with E-state index in [0.717, 1.165) is 5.56 Å². The summed E-state index contributed by atoms with van der Waals surface area (Å²) in [4.78, 5) is 23.8. The third-order valence-corrected chi connectivity index (χ3v) is 4.42. The van der Waals surface area contributed by atoms with E-state index >= 15 is 0 Å². The fraction of sp³-hybridized carbons (Fsp3) is 0.300. The van der Waals surface area contributed by atoms with Crippen LogP contribution in [0.5, 0.6) is 17.2 Å². The number of aromatic carboxylic acids is 1. The molecule has 2 aromatic carbocycles. The molecular weight excluding hydrogens is 350 g/mol. The van der Waals surface area contributed by atoms with Crippen LogP contribution < -0.4 is 19.5 Å². The molecule has 1 aliphatic rings. The first-order valence-electron chi connectivity index (χ1n) is 8.57. The molecule has 0 saturated heterocycles. The van der Waals surface area contributed by atoms with E-state index in [-0.39, 0.29) is 23.8 Å².